The average molecular weight is 456 g/mol. The van der Waals surface area contributed by atoms with Gasteiger partial charge in [-0.2, -0.15) is 0 Å². The quantitative estimate of drug-likeness (QED) is 0.319. The van der Waals surface area contributed by atoms with E-state index in [9.17, 15) is 4.79 Å². The molecule has 1 amide bonds. The Balaban J connectivity index is 1.43. The van der Waals surface area contributed by atoms with Crippen molar-refractivity contribution in [3.05, 3.63) is 95.6 Å². The zero-order valence-corrected chi connectivity index (χ0v) is 19.6. The zero-order chi connectivity index (χ0) is 23.8. The number of carbonyl (C=O) groups excluding carboxylic acids is 1. The predicted molar refractivity (Wildman–Crippen MR) is 132 cm³/mol. The van der Waals surface area contributed by atoms with Gasteiger partial charge in [-0.25, -0.2) is 0 Å². The number of hydrogen-bond donors (Lipinski definition) is 0. The third-order valence-corrected chi connectivity index (χ3v) is 5.66. The van der Waals surface area contributed by atoms with Crippen molar-refractivity contribution in [3.8, 4) is 22.9 Å². The lowest BCUT2D eigenvalue weighted by Crippen LogP contribution is -2.35. The summed E-state index contributed by atoms with van der Waals surface area (Å²) in [5.41, 5.74) is 4.68. The van der Waals surface area contributed by atoms with Crippen molar-refractivity contribution in [2.75, 3.05) is 26.8 Å². The Labute approximate surface area is 200 Å². The summed E-state index contributed by atoms with van der Waals surface area (Å²) in [5, 5.41) is 8.36. The van der Waals surface area contributed by atoms with E-state index < -0.39 is 0 Å². The summed E-state index contributed by atoms with van der Waals surface area (Å²) in [6.45, 7) is 3.74. The number of aryl methyl sites for hydroxylation is 2. The Kier molecular flexibility index (Phi) is 7.83. The maximum atomic E-state index is 13.2. The van der Waals surface area contributed by atoms with Crippen molar-refractivity contribution in [1.82, 2.24) is 15.1 Å². The van der Waals surface area contributed by atoms with E-state index in [4.69, 9.17) is 9.15 Å². The molecule has 0 atom stereocenters. The molecule has 0 bridgehead atoms. The normalized spacial score (nSPS) is 10.9. The number of carbonyl (C=O) groups is 1. The van der Waals surface area contributed by atoms with E-state index in [1.165, 1.54) is 5.56 Å². The SMILES string of the molecule is COCCN(CCCc1ccccc1)C(=O)c1ccc(-c2nnc(-c3cccc(C)c3)o2)cc1. The second-order valence-electron chi connectivity index (χ2n) is 8.23. The summed E-state index contributed by atoms with van der Waals surface area (Å²) >= 11 is 0. The third kappa shape index (κ3) is 5.97. The van der Waals surface area contributed by atoms with Gasteiger partial charge in [-0.1, -0.05) is 48.0 Å². The van der Waals surface area contributed by atoms with Gasteiger partial charge in [0.2, 0.25) is 11.8 Å². The van der Waals surface area contributed by atoms with Crippen LogP contribution in [0.1, 0.15) is 27.9 Å². The van der Waals surface area contributed by atoms with E-state index >= 15 is 0 Å². The van der Waals surface area contributed by atoms with Gasteiger partial charge in [-0.3, -0.25) is 4.79 Å². The second kappa shape index (κ2) is 11.4. The molecule has 0 N–H and O–H groups in total. The van der Waals surface area contributed by atoms with Crippen LogP contribution < -0.4 is 0 Å². The zero-order valence-electron chi connectivity index (χ0n) is 19.6. The molecule has 4 rings (SSSR count). The molecule has 6 nitrogen and oxygen atoms in total. The highest BCUT2D eigenvalue weighted by atomic mass is 16.5. The highest BCUT2D eigenvalue weighted by Gasteiger charge is 2.17. The summed E-state index contributed by atoms with van der Waals surface area (Å²) < 4.78 is 11.1. The minimum absolute atomic E-state index is 0.0114. The Morgan fingerprint density at radius 2 is 1.62 bits per heavy atom. The fraction of sp³-hybridized carbons (Fsp3) is 0.250. The van der Waals surface area contributed by atoms with Crippen LogP contribution in [0.15, 0.2) is 83.3 Å². The lowest BCUT2D eigenvalue weighted by Gasteiger charge is -2.22. The van der Waals surface area contributed by atoms with Gasteiger partial charge >= 0.3 is 0 Å². The Bertz CT molecular complexity index is 1200. The van der Waals surface area contributed by atoms with E-state index in [1.54, 1.807) is 7.11 Å². The Morgan fingerprint density at radius 1 is 0.882 bits per heavy atom. The summed E-state index contributed by atoms with van der Waals surface area (Å²) in [7, 11) is 1.65. The largest absolute Gasteiger partial charge is 0.416 e. The number of rotatable bonds is 10. The van der Waals surface area contributed by atoms with Crippen LogP contribution in [0.2, 0.25) is 0 Å². The van der Waals surface area contributed by atoms with Gasteiger partial charge in [0.1, 0.15) is 0 Å². The van der Waals surface area contributed by atoms with Crippen LogP contribution in [-0.2, 0) is 11.2 Å². The molecular formula is C28H29N3O3. The van der Waals surface area contributed by atoms with Gasteiger partial charge in [-0.05, 0) is 61.7 Å². The van der Waals surface area contributed by atoms with E-state index in [-0.39, 0.29) is 5.91 Å². The molecule has 1 heterocycles. The van der Waals surface area contributed by atoms with Crippen molar-refractivity contribution < 1.29 is 13.9 Å². The van der Waals surface area contributed by atoms with Gasteiger partial charge in [-0.15, -0.1) is 10.2 Å². The standard InChI is InChI=1S/C28H29N3O3/c1-21-8-6-12-25(20-21)27-30-29-26(34-27)23-13-15-24(16-14-23)28(32)31(18-19-33-2)17-7-11-22-9-4-3-5-10-22/h3-6,8-10,12-16,20H,7,11,17-19H2,1-2H3. The molecule has 0 saturated heterocycles. The fourth-order valence-corrected chi connectivity index (χ4v) is 3.81. The van der Waals surface area contributed by atoms with Crippen molar-refractivity contribution >= 4 is 5.91 Å². The molecule has 0 saturated carbocycles. The van der Waals surface area contributed by atoms with Crippen LogP contribution in [0, 0.1) is 6.92 Å². The molecule has 0 fully saturated rings. The summed E-state index contributed by atoms with van der Waals surface area (Å²) in [5.74, 6) is 0.889. The molecule has 0 aliphatic rings. The van der Waals surface area contributed by atoms with Crippen molar-refractivity contribution in [1.29, 1.82) is 0 Å². The molecule has 4 aromatic rings. The number of aromatic nitrogens is 2. The van der Waals surface area contributed by atoms with Crippen LogP contribution in [0.25, 0.3) is 22.9 Å². The molecule has 6 heteroatoms. The summed E-state index contributed by atoms with van der Waals surface area (Å²) in [6, 6.07) is 25.6. The highest BCUT2D eigenvalue weighted by Crippen LogP contribution is 2.25. The monoisotopic (exact) mass is 455 g/mol. The van der Waals surface area contributed by atoms with Crippen LogP contribution in [-0.4, -0.2) is 47.8 Å². The van der Waals surface area contributed by atoms with Crippen LogP contribution in [0.3, 0.4) is 0 Å². The third-order valence-electron chi connectivity index (χ3n) is 5.66. The van der Waals surface area contributed by atoms with Gasteiger partial charge < -0.3 is 14.1 Å². The average Bonchev–Trinajstić information content (AvgIpc) is 3.37. The van der Waals surface area contributed by atoms with Crippen LogP contribution in [0.4, 0.5) is 0 Å². The van der Waals surface area contributed by atoms with Crippen molar-refractivity contribution in [2.24, 2.45) is 0 Å². The molecule has 0 aliphatic carbocycles. The first kappa shape index (κ1) is 23.4. The molecular weight excluding hydrogens is 426 g/mol. The second-order valence-corrected chi connectivity index (χ2v) is 8.23. The minimum atomic E-state index is -0.0114. The number of amides is 1. The molecule has 0 aliphatic heterocycles. The van der Waals surface area contributed by atoms with E-state index in [1.807, 2.05) is 78.6 Å². The van der Waals surface area contributed by atoms with Crippen molar-refractivity contribution in [3.63, 3.8) is 0 Å². The van der Waals surface area contributed by atoms with E-state index in [0.29, 0.717) is 37.0 Å². The van der Waals surface area contributed by atoms with Crippen LogP contribution >= 0.6 is 0 Å². The van der Waals surface area contributed by atoms with Crippen LogP contribution in [0.5, 0.6) is 0 Å². The number of ether oxygens (including phenoxy) is 1. The van der Waals surface area contributed by atoms with E-state index in [0.717, 1.165) is 29.5 Å². The first-order chi connectivity index (χ1) is 16.6. The Hall–Kier alpha value is -3.77. The number of nitrogens with zero attached hydrogens (tertiary/aromatic N) is 3. The molecule has 0 radical (unpaired) electrons. The number of methoxy groups -OCH3 is 1. The summed E-state index contributed by atoms with van der Waals surface area (Å²) in [4.78, 5) is 15.0. The summed E-state index contributed by atoms with van der Waals surface area (Å²) in [6.07, 6.45) is 1.82. The number of benzene rings is 3. The molecule has 0 unspecified atom stereocenters. The minimum Gasteiger partial charge on any atom is -0.416 e. The first-order valence-corrected chi connectivity index (χ1v) is 11.5. The van der Waals surface area contributed by atoms with E-state index in [2.05, 4.69) is 22.3 Å². The number of hydrogen-bond acceptors (Lipinski definition) is 5. The van der Waals surface area contributed by atoms with Crippen molar-refractivity contribution in [2.45, 2.75) is 19.8 Å². The molecule has 34 heavy (non-hydrogen) atoms. The lowest BCUT2D eigenvalue weighted by atomic mass is 10.1. The fourth-order valence-electron chi connectivity index (χ4n) is 3.81. The van der Waals surface area contributed by atoms with Gasteiger partial charge in [0.25, 0.3) is 5.91 Å². The van der Waals surface area contributed by atoms with Gasteiger partial charge in [0, 0.05) is 36.9 Å². The smallest absolute Gasteiger partial charge is 0.253 e. The maximum absolute atomic E-state index is 13.2. The predicted octanol–water partition coefficient (Wildman–Crippen LogP) is 5.43. The first-order valence-electron chi connectivity index (χ1n) is 11.5. The molecule has 1 aromatic heterocycles. The van der Waals surface area contributed by atoms with Gasteiger partial charge in [0.05, 0.1) is 6.61 Å². The molecule has 174 valence electrons. The Morgan fingerprint density at radius 3 is 2.32 bits per heavy atom. The lowest BCUT2D eigenvalue weighted by molar-refractivity contribution is 0.0693. The topological polar surface area (TPSA) is 68.5 Å². The molecule has 3 aromatic carbocycles. The van der Waals surface area contributed by atoms with Gasteiger partial charge in [0.15, 0.2) is 0 Å². The highest BCUT2D eigenvalue weighted by molar-refractivity contribution is 5.94. The maximum Gasteiger partial charge on any atom is 0.253 e. The molecule has 0 spiro atoms.